The number of amides is 1. The van der Waals surface area contributed by atoms with Crippen molar-refractivity contribution < 1.29 is 4.79 Å². The normalized spacial score (nSPS) is 10.4. The number of hydrogen-bond acceptors (Lipinski definition) is 3. The van der Waals surface area contributed by atoms with E-state index in [1.165, 1.54) is 0 Å². The van der Waals surface area contributed by atoms with Gasteiger partial charge in [0.1, 0.15) is 0 Å². The molecule has 6 heteroatoms. The van der Waals surface area contributed by atoms with E-state index in [1.54, 1.807) is 22.9 Å². The van der Waals surface area contributed by atoms with E-state index in [0.29, 0.717) is 23.7 Å². The fraction of sp³-hybridized carbons (Fsp3) is 0.267. The van der Waals surface area contributed by atoms with Crippen molar-refractivity contribution in [2.45, 2.75) is 19.8 Å². The molecule has 2 aromatic rings. The maximum atomic E-state index is 12.1. The van der Waals surface area contributed by atoms with Crippen LogP contribution in [0.25, 0.3) is 5.69 Å². The third-order valence-corrected chi connectivity index (χ3v) is 3.20. The molecule has 1 N–H and O–H groups in total. The second-order valence-electron chi connectivity index (χ2n) is 4.52. The Kier molecular flexibility index (Phi) is 5.11. The Morgan fingerprint density at radius 3 is 2.76 bits per heavy atom. The fourth-order valence-corrected chi connectivity index (χ4v) is 2.10. The molecule has 0 bridgehead atoms. The first-order valence-corrected chi connectivity index (χ1v) is 7.14. The second kappa shape index (κ2) is 7.04. The molecule has 1 amide bonds. The number of benzene rings is 1. The largest absolute Gasteiger partial charge is 0.347 e. The van der Waals surface area contributed by atoms with Crippen molar-refractivity contribution in [2.24, 2.45) is 0 Å². The molecule has 0 aliphatic rings. The van der Waals surface area contributed by atoms with Crippen LogP contribution in [0.5, 0.6) is 0 Å². The molecule has 0 aliphatic carbocycles. The average Bonchev–Trinajstić information content (AvgIpc) is 2.90. The maximum absolute atomic E-state index is 12.1. The van der Waals surface area contributed by atoms with Gasteiger partial charge in [-0.2, -0.15) is 0 Å². The number of carbonyl (C=O) groups is 1. The average molecular weight is 305 g/mol. The second-order valence-corrected chi connectivity index (χ2v) is 4.96. The first-order chi connectivity index (χ1) is 10.2. The summed E-state index contributed by atoms with van der Waals surface area (Å²) in [6, 6.07) is 7.26. The van der Waals surface area contributed by atoms with E-state index in [9.17, 15) is 4.79 Å². The molecule has 0 spiro atoms. The highest BCUT2D eigenvalue weighted by Crippen LogP contribution is 2.17. The molecule has 21 heavy (non-hydrogen) atoms. The lowest BCUT2D eigenvalue weighted by Crippen LogP contribution is -2.25. The summed E-state index contributed by atoms with van der Waals surface area (Å²) in [4.78, 5) is 12.1. The van der Waals surface area contributed by atoms with Gasteiger partial charge in [-0.25, -0.2) is 4.68 Å². The van der Waals surface area contributed by atoms with Crippen molar-refractivity contribution in [3.63, 3.8) is 0 Å². The number of aromatic nitrogens is 3. The Bertz CT molecular complexity index is 634. The zero-order valence-corrected chi connectivity index (χ0v) is 12.6. The monoisotopic (exact) mass is 304 g/mol. The van der Waals surface area contributed by atoms with E-state index >= 15 is 0 Å². The van der Waals surface area contributed by atoms with Crippen LogP contribution < -0.4 is 5.32 Å². The van der Waals surface area contributed by atoms with Gasteiger partial charge in [-0.3, -0.25) is 4.79 Å². The van der Waals surface area contributed by atoms with Gasteiger partial charge in [0, 0.05) is 11.6 Å². The molecule has 1 heterocycles. The Hall–Kier alpha value is -2.14. The summed E-state index contributed by atoms with van der Waals surface area (Å²) in [7, 11) is 0. The number of nitrogens with zero attached hydrogens (tertiary/aromatic N) is 3. The molecule has 2 rings (SSSR count). The van der Waals surface area contributed by atoms with Crippen molar-refractivity contribution in [1.82, 2.24) is 20.3 Å². The summed E-state index contributed by atoms with van der Waals surface area (Å²) in [6.07, 6.45) is 3.23. The predicted octanol–water partition coefficient (Wildman–Crippen LogP) is 2.79. The number of hydrogen-bond donors (Lipinski definition) is 1. The zero-order chi connectivity index (χ0) is 15.2. The smallest absolute Gasteiger partial charge is 0.274 e. The van der Waals surface area contributed by atoms with Gasteiger partial charge in [0.05, 0.1) is 11.4 Å². The molecule has 0 saturated carbocycles. The van der Waals surface area contributed by atoms with Crippen LogP contribution in [0.3, 0.4) is 0 Å². The van der Waals surface area contributed by atoms with E-state index in [1.807, 2.05) is 19.1 Å². The zero-order valence-electron chi connectivity index (χ0n) is 11.8. The van der Waals surface area contributed by atoms with Crippen molar-refractivity contribution in [3.8, 4) is 5.69 Å². The molecule has 0 saturated heterocycles. The van der Waals surface area contributed by atoms with E-state index in [0.717, 1.165) is 17.8 Å². The van der Waals surface area contributed by atoms with E-state index in [-0.39, 0.29) is 5.91 Å². The Labute approximate surface area is 128 Å². The van der Waals surface area contributed by atoms with Crippen LogP contribution in [0, 0.1) is 0 Å². The topological polar surface area (TPSA) is 59.8 Å². The lowest BCUT2D eigenvalue weighted by Gasteiger charge is -2.07. The molecule has 0 aliphatic heterocycles. The number of halogens is 1. The van der Waals surface area contributed by atoms with Gasteiger partial charge in [0.25, 0.3) is 5.91 Å². The Morgan fingerprint density at radius 2 is 2.14 bits per heavy atom. The Morgan fingerprint density at radius 1 is 1.43 bits per heavy atom. The molecule has 110 valence electrons. The molecular formula is C15H17ClN4O. The molecule has 1 aromatic carbocycles. The van der Waals surface area contributed by atoms with Crippen LogP contribution in [-0.2, 0) is 6.42 Å². The van der Waals surface area contributed by atoms with Crippen LogP contribution in [0.1, 0.15) is 29.5 Å². The molecule has 0 atom stereocenters. The highest BCUT2D eigenvalue weighted by Gasteiger charge is 2.19. The van der Waals surface area contributed by atoms with Gasteiger partial charge in [0.15, 0.2) is 5.69 Å². The summed E-state index contributed by atoms with van der Waals surface area (Å²) < 4.78 is 1.68. The predicted molar refractivity (Wildman–Crippen MR) is 82.9 cm³/mol. The lowest BCUT2D eigenvalue weighted by molar-refractivity contribution is 0.0952. The van der Waals surface area contributed by atoms with Crippen molar-refractivity contribution >= 4 is 17.5 Å². The van der Waals surface area contributed by atoms with E-state index < -0.39 is 0 Å². The summed E-state index contributed by atoms with van der Waals surface area (Å²) in [5.41, 5.74) is 1.98. The van der Waals surface area contributed by atoms with Gasteiger partial charge >= 0.3 is 0 Å². The highest BCUT2D eigenvalue weighted by atomic mass is 35.5. The minimum Gasteiger partial charge on any atom is -0.347 e. The first-order valence-electron chi connectivity index (χ1n) is 6.77. The van der Waals surface area contributed by atoms with Crippen molar-refractivity contribution in [1.29, 1.82) is 0 Å². The molecular weight excluding hydrogens is 288 g/mol. The number of nitrogens with one attached hydrogen (secondary N) is 1. The van der Waals surface area contributed by atoms with Crippen LogP contribution in [0.2, 0.25) is 5.02 Å². The minimum absolute atomic E-state index is 0.237. The van der Waals surface area contributed by atoms with Crippen molar-refractivity contribution in [2.75, 3.05) is 6.54 Å². The van der Waals surface area contributed by atoms with Crippen LogP contribution in [0.4, 0.5) is 0 Å². The van der Waals surface area contributed by atoms with Crippen LogP contribution >= 0.6 is 11.6 Å². The van der Waals surface area contributed by atoms with E-state index in [2.05, 4.69) is 22.2 Å². The van der Waals surface area contributed by atoms with Gasteiger partial charge < -0.3 is 5.32 Å². The summed E-state index contributed by atoms with van der Waals surface area (Å²) in [6.45, 7) is 6.02. The molecule has 0 fully saturated rings. The van der Waals surface area contributed by atoms with Crippen LogP contribution in [0.15, 0.2) is 36.9 Å². The number of rotatable bonds is 6. The maximum Gasteiger partial charge on any atom is 0.274 e. The summed E-state index contributed by atoms with van der Waals surface area (Å²) in [5.74, 6) is -0.237. The quantitative estimate of drug-likeness (QED) is 0.835. The standard InChI is InChI=1S/C15H17ClN4O/c1-3-5-13-14(15(21)17-10-4-2)18-19-20(13)12-8-6-11(16)7-9-12/h4,6-9H,2-3,5,10H2,1H3,(H,17,21). The van der Waals surface area contributed by atoms with Gasteiger partial charge in [-0.15, -0.1) is 11.7 Å². The van der Waals surface area contributed by atoms with E-state index in [4.69, 9.17) is 11.6 Å². The van der Waals surface area contributed by atoms with Gasteiger partial charge in [-0.05, 0) is 30.7 Å². The summed E-state index contributed by atoms with van der Waals surface area (Å²) in [5, 5.41) is 11.5. The van der Waals surface area contributed by atoms with Crippen LogP contribution in [-0.4, -0.2) is 27.4 Å². The lowest BCUT2D eigenvalue weighted by atomic mass is 10.2. The molecule has 1 aromatic heterocycles. The molecule has 0 radical (unpaired) electrons. The van der Waals surface area contributed by atoms with Gasteiger partial charge in [0.2, 0.25) is 0 Å². The minimum atomic E-state index is -0.237. The molecule has 0 unspecified atom stereocenters. The number of carbonyl (C=O) groups excluding carboxylic acids is 1. The fourth-order valence-electron chi connectivity index (χ4n) is 1.98. The molecule has 5 nitrogen and oxygen atoms in total. The van der Waals surface area contributed by atoms with Gasteiger partial charge in [-0.1, -0.05) is 36.2 Å². The highest BCUT2D eigenvalue weighted by molar-refractivity contribution is 6.30. The third-order valence-electron chi connectivity index (χ3n) is 2.94. The Balaban J connectivity index is 2.38. The SMILES string of the molecule is C=CCNC(=O)c1nnn(-c2ccc(Cl)cc2)c1CCC. The first kappa shape index (κ1) is 15.3. The third kappa shape index (κ3) is 3.49. The summed E-state index contributed by atoms with van der Waals surface area (Å²) >= 11 is 5.89. The van der Waals surface area contributed by atoms with Crippen molar-refractivity contribution in [3.05, 3.63) is 53.3 Å².